The third kappa shape index (κ3) is 2.59. The van der Waals surface area contributed by atoms with Gasteiger partial charge in [-0.15, -0.1) is 0 Å². The predicted octanol–water partition coefficient (Wildman–Crippen LogP) is 1.80. The molecule has 0 fully saturated rings. The van der Waals surface area contributed by atoms with E-state index < -0.39 is 4.92 Å². The fourth-order valence-electron chi connectivity index (χ4n) is 1.74. The van der Waals surface area contributed by atoms with Crippen molar-refractivity contribution < 1.29 is 10.0 Å². The number of nitrogens with zero attached hydrogens (tertiary/aromatic N) is 3. The predicted molar refractivity (Wildman–Crippen MR) is 73.5 cm³/mol. The van der Waals surface area contributed by atoms with Crippen molar-refractivity contribution in [3.63, 3.8) is 0 Å². The molecule has 0 spiro atoms. The number of nitrogen functional groups attached to an aromatic ring is 1. The van der Waals surface area contributed by atoms with Crippen molar-refractivity contribution in [3.05, 3.63) is 38.9 Å². The maximum absolute atomic E-state index is 11.1. The average molecular weight is 327 g/mol. The van der Waals surface area contributed by atoms with Crippen LogP contribution in [0.1, 0.15) is 0 Å². The molecule has 19 heavy (non-hydrogen) atoms. The molecule has 8 heteroatoms. The van der Waals surface area contributed by atoms with Gasteiger partial charge >= 0.3 is 5.69 Å². The zero-order valence-electron chi connectivity index (χ0n) is 9.78. The molecule has 0 aliphatic rings. The summed E-state index contributed by atoms with van der Waals surface area (Å²) in [5.74, 6) is -0.0611. The lowest BCUT2D eigenvalue weighted by Crippen LogP contribution is -2.08. The van der Waals surface area contributed by atoms with Crippen LogP contribution in [0.3, 0.4) is 0 Å². The Morgan fingerprint density at radius 1 is 1.53 bits per heavy atom. The van der Waals surface area contributed by atoms with E-state index in [9.17, 15) is 10.1 Å². The van der Waals surface area contributed by atoms with Gasteiger partial charge in [0, 0.05) is 10.0 Å². The Morgan fingerprint density at radius 3 is 2.84 bits per heavy atom. The van der Waals surface area contributed by atoms with E-state index in [4.69, 9.17) is 10.8 Å². The fourth-order valence-corrected chi connectivity index (χ4v) is 2.14. The Bertz CT molecular complexity index is 626. The maximum atomic E-state index is 11.1. The number of nitrogens with two attached hydrogens (primary N) is 1. The van der Waals surface area contributed by atoms with E-state index in [2.05, 4.69) is 21.0 Å². The van der Waals surface area contributed by atoms with E-state index in [0.717, 1.165) is 4.47 Å². The van der Waals surface area contributed by atoms with Gasteiger partial charge in [-0.2, -0.15) is 5.10 Å². The molecule has 7 nitrogen and oxygen atoms in total. The van der Waals surface area contributed by atoms with Crippen LogP contribution in [-0.2, 0) is 6.54 Å². The van der Waals surface area contributed by atoms with Crippen LogP contribution < -0.4 is 5.73 Å². The summed E-state index contributed by atoms with van der Waals surface area (Å²) in [6, 6.07) is 6.99. The van der Waals surface area contributed by atoms with Crippen molar-refractivity contribution in [1.29, 1.82) is 0 Å². The van der Waals surface area contributed by atoms with E-state index >= 15 is 0 Å². The summed E-state index contributed by atoms with van der Waals surface area (Å²) in [6.45, 7) is -0.0817. The van der Waals surface area contributed by atoms with E-state index in [0.29, 0.717) is 5.56 Å². The SMILES string of the molecule is Nc1c([N+](=O)[O-])c(-c2cccc(Br)c2)nn1CCO. The molecule has 1 aromatic carbocycles. The number of anilines is 1. The third-order valence-electron chi connectivity index (χ3n) is 2.56. The molecule has 3 N–H and O–H groups in total. The maximum Gasteiger partial charge on any atom is 0.338 e. The topological polar surface area (TPSA) is 107 Å². The van der Waals surface area contributed by atoms with Crippen molar-refractivity contribution in [2.75, 3.05) is 12.3 Å². The smallest absolute Gasteiger partial charge is 0.338 e. The number of aromatic nitrogens is 2. The number of benzene rings is 1. The Labute approximate surface area is 116 Å². The second-order valence-electron chi connectivity index (χ2n) is 3.80. The summed E-state index contributed by atoms with van der Waals surface area (Å²) >= 11 is 3.30. The van der Waals surface area contributed by atoms with Crippen molar-refractivity contribution in [1.82, 2.24) is 9.78 Å². The normalized spacial score (nSPS) is 10.6. The van der Waals surface area contributed by atoms with Gasteiger partial charge in [-0.05, 0) is 12.1 Å². The van der Waals surface area contributed by atoms with Gasteiger partial charge in [0.25, 0.3) is 0 Å². The van der Waals surface area contributed by atoms with Crippen LogP contribution in [0.25, 0.3) is 11.3 Å². The Morgan fingerprint density at radius 2 is 2.26 bits per heavy atom. The average Bonchev–Trinajstić information content (AvgIpc) is 2.67. The molecule has 0 saturated carbocycles. The monoisotopic (exact) mass is 326 g/mol. The Kier molecular flexibility index (Phi) is 3.82. The first-order valence-corrected chi connectivity index (χ1v) is 6.21. The van der Waals surface area contributed by atoms with E-state index in [-0.39, 0.29) is 30.4 Å². The molecule has 1 aromatic heterocycles. The summed E-state index contributed by atoms with van der Waals surface area (Å²) < 4.78 is 2.02. The van der Waals surface area contributed by atoms with E-state index in [1.807, 2.05) is 6.07 Å². The third-order valence-corrected chi connectivity index (χ3v) is 3.05. The lowest BCUT2D eigenvalue weighted by molar-refractivity contribution is -0.383. The van der Waals surface area contributed by atoms with Crippen LogP contribution in [0.4, 0.5) is 11.5 Å². The molecule has 0 bridgehead atoms. The Hall–Kier alpha value is -1.93. The molecule has 100 valence electrons. The van der Waals surface area contributed by atoms with Gasteiger partial charge in [-0.3, -0.25) is 10.1 Å². The molecule has 0 amide bonds. The molecule has 0 unspecified atom stereocenters. The molecule has 2 aromatic rings. The molecular formula is C11H11BrN4O3. The van der Waals surface area contributed by atoms with E-state index in [1.54, 1.807) is 18.2 Å². The number of halogens is 1. The number of hydrogen-bond acceptors (Lipinski definition) is 5. The van der Waals surface area contributed by atoms with Gasteiger partial charge in [0.05, 0.1) is 18.1 Å². The van der Waals surface area contributed by atoms with Crippen molar-refractivity contribution >= 4 is 27.4 Å². The first kappa shape index (κ1) is 13.5. The summed E-state index contributed by atoms with van der Waals surface area (Å²) in [5.41, 5.74) is 6.24. The Balaban J connectivity index is 2.62. The first-order valence-electron chi connectivity index (χ1n) is 5.42. The van der Waals surface area contributed by atoms with Crippen LogP contribution in [0.2, 0.25) is 0 Å². The lowest BCUT2D eigenvalue weighted by atomic mass is 10.1. The zero-order valence-corrected chi connectivity index (χ0v) is 11.4. The van der Waals surface area contributed by atoms with Crippen LogP contribution in [0.15, 0.2) is 28.7 Å². The van der Waals surface area contributed by atoms with Crippen molar-refractivity contribution in [3.8, 4) is 11.3 Å². The number of aliphatic hydroxyl groups excluding tert-OH is 1. The highest BCUT2D eigenvalue weighted by molar-refractivity contribution is 9.10. The number of aliphatic hydroxyl groups is 1. The molecule has 1 heterocycles. The van der Waals surface area contributed by atoms with Gasteiger partial charge in [0.15, 0.2) is 5.69 Å². The minimum atomic E-state index is -0.563. The van der Waals surface area contributed by atoms with Gasteiger partial charge in [0.1, 0.15) is 0 Å². The quantitative estimate of drug-likeness (QED) is 0.658. The standard InChI is InChI=1S/C11H11BrN4O3/c12-8-3-1-2-7(6-8)9-10(16(18)19)11(13)15(14-9)4-5-17/h1-3,6,17H,4-5,13H2. The first-order chi connectivity index (χ1) is 9.04. The minimum absolute atomic E-state index is 0.0611. The molecule has 0 radical (unpaired) electrons. The van der Waals surface area contributed by atoms with Crippen molar-refractivity contribution in [2.45, 2.75) is 6.54 Å². The van der Waals surface area contributed by atoms with Crippen molar-refractivity contribution in [2.24, 2.45) is 0 Å². The summed E-state index contributed by atoms with van der Waals surface area (Å²) in [7, 11) is 0. The molecule has 0 aliphatic carbocycles. The summed E-state index contributed by atoms with van der Waals surface area (Å²) in [5, 5.41) is 24.1. The molecule has 0 aliphatic heterocycles. The summed E-state index contributed by atoms with van der Waals surface area (Å²) in [6.07, 6.45) is 0. The molecule has 0 saturated heterocycles. The lowest BCUT2D eigenvalue weighted by Gasteiger charge is -1.98. The highest BCUT2D eigenvalue weighted by Crippen LogP contribution is 2.34. The molecular weight excluding hydrogens is 316 g/mol. The second-order valence-corrected chi connectivity index (χ2v) is 4.71. The number of rotatable bonds is 4. The van der Waals surface area contributed by atoms with Gasteiger partial charge in [-0.25, -0.2) is 4.68 Å². The van der Waals surface area contributed by atoms with Crippen LogP contribution in [0.5, 0.6) is 0 Å². The zero-order chi connectivity index (χ0) is 14.0. The minimum Gasteiger partial charge on any atom is -0.394 e. The molecule has 2 rings (SSSR count). The number of nitro groups is 1. The van der Waals surface area contributed by atoms with Crippen LogP contribution in [-0.4, -0.2) is 26.4 Å². The van der Waals surface area contributed by atoms with E-state index in [1.165, 1.54) is 4.68 Å². The van der Waals surface area contributed by atoms with Gasteiger partial charge in [0.2, 0.25) is 5.82 Å². The van der Waals surface area contributed by atoms with Crippen LogP contribution in [0, 0.1) is 10.1 Å². The van der Waals surface area contributed by atoms with Crippen LogP contribution >= 0.6 is 15.9 Å². The van der Waals surface area contributed by atoms with Gasteiger partial charge in [-0.1, -0.05) is 28.1 Å². The molecule has 0 atom stereocenters. The summed E-state index contributed by atoms with van der Waals surface area (Å²) in [4.78, 5) is 10.6. The highest BCUT2D eigenvalue weighted by Gasteiger charge is 2.26. The largest absolute Gasteiger partial charge is 0.394 e. The second kappa shape index (κ2) is 5.37. The fraction of sp³-hybridized carbons (Fsp3) is 0.182. The highest BCUT2D eigenvalue weighted by atomic mass is 79.9. The number of hydrogen-bond donors (Lipinski definition) is 2. The van der Waals surface area contributed by atoms with Gasteiger partial charge < -0.3 is 10.8 Å².